The minimum Gasteiger partial charge on any atom is -0.319 e. The largest absolute Gasteiger partial charge is 0.319 e. The van der Waals surface area contributed by atoms with Gasteiger partial charge in [-0.1, -0.05) is 24.3 Å². The highest BCUT2D eigenvalue weighted by molar-refractivity contribution is 6.04. The van der Waals surface area contributed by atoms with E-state index in [1.807, 2.05) is 31.2 Å². The Hall–Kier alpha value is -1.15. The second kappa shape index (κ2) is 2.67. The van der Waals surface area contributed by atoms with Gasteiger partial charge in [-0.05, 0) is 25.3 Å². The third kappa shape index (κ3) is 1.27. The first-order valence-electron chi connectivity index (χ1n) is 4.53. The maximum absolute atomic E-state index is 11.8. The first-order chi connectivity index (χ1) is 6.11. The Morgan fingerprint density at radius 3 is 2.85 bits per heavy atom. The summed E-state index contributed by atoms with van der Waals surface area (Å²) in [6, 6.07) is 7.72. The number of benzene rings is 1. The first kappa shape index (κ1) is 8.45. The average Bonchev–Trinajstić information content (AvgIpc) is 2.13. The Balaban J connectivity index is 2.52. The van der Waals surface area contributed by atoms with Crippen molar-refractivity contribution in [1.82, 2.24) is 0 Å². The Morgan fingerprint density at radius 2 is 2.08 bits per heavy atom. The number of fused-ring (bicyclic) bond motifs is 1. The summed E-state index contributed by atoms with van der Waals surface area (Å²) in [7, 11) is 0. The molecular weight excluding hydrogens is 162 g/mol. The molecule has 0 saturated carbocycles. The van der Waals surface area contributed by atoms with E-state index in [-0.39, 0.29) is 5.78 Å². The minimum atomic E-state index is -0.658. The van der Waals surface area contributed by atoms with Crippen LogP contribution in [0.1, 0.15) is 29.3 Å². The van der Waals surface area contributed by atoms with E-state index in [1.54, 1.807) is 0 Å². The molecule has 68 valence electrons. The van der Waals surface area contributed by atoms with Crippen molar-refractivity contribution in [2.24, 2.45) is 5.73 Å². The molecule has 1 aromatic carbocycles. The zero-order valence-corrected chi connectivity index (χ0v) is 7.71. The van der Waals surface area contributed by atoms with Gasteiger partial charge in [0.05, 0.1) is 5.54 Å². The normalized spacial score (nSPS) is 27.1. The highest BCUT2D eigenvalue weighted by Gasteiger charge is 2.34. The fraction of sp³-hybridized carbons (Fsp3) is 0.364. The van der Waals surface area contributed by atoms with Crippen LogP contribution >= 0.6 is 0 Å². The molecule has 0 radical (unpaired) electrons. The number of carbonyl (C=O) groups is 1. The van der Waals surface area contributed by atoms with Crippen LogP contribution in [-0.2, 0) is 6.42 Å². The van der Waals surface area contributed by atoms with Gasteiger partial charge in [-0.15, -0.1) is 0 Å². The van der Waals surface area contributed by atoms with Crippen LogP contribution < -0.4 is 5.73 Å². The predicted octanol–water partition coefficient (Wildman–Crippen LogP) is 1.53. The summed E-state index contributed by atoms with van der Waals surface area (Å²) >= 11 is 0. The molecule has 0 saturated heterocycles. The lowest BCUT2D eigenvalue weighted by molar-refractivity contribution is 0.0882. The number of aryl methyl sites for hydroxylation is 1. The molecule has 0 heterocycles. The van der Waals surface area contributed by atoms with E-state index in [0.29, 0.717) is 0 Å². The number of rotatable bonds is 0. The summed E-state index contributed by atoms with van der Waals surface area (Å²) in [6.07, 6.45) is 1.66. The zero-order valence-electron chi connectivity index (χ0n) is 7.71. The molecular formula is C11H13NO. The van der Waals surface area contributed by atoms with Crippen LogP contribution in [0.4, 0.5) is 0 Å². The van der Waals surface area contributed by atoms with Gasteiger partial charge in [-0.3, -0.25) is 4.79 Å². The molecule has 2 rings (SSSR count). The lowest BCUT2D eigenvalue weighted by Crippen LogP contribution is -2.47. The lowest BCUT2D eigenvalue weighted by Gasteiger charge is -2.29. The van der Waals surface area contributed by atoms with Crippen LogP contribution in [0, 0.1) is 0 Å². The van der Waals surface area contributed by atoms with Gasteiger partial charge in [0.25, 0.3) is 0 Å². The highest BCUT2D eigenvalue weighted by atomic mass is 16.1. The number of carbonyl (C=O) groups excluding carboxylic acids is 1. The fourth-order valence-electron chi connectivity index (χ4n) is 1.78. The Kier molecular flexibility index (Phi) is 1.74. The lowest BCUT2D eigenvalue weighted by atomic mass is 9.79. The van der Waals surface area contributed by atoms with E-state index in [9.17, 15) is 4.79 Å². The van der Waals surface area contributed by atoms with Crippen LogP contribution in [0.25, 0.3) is 0 Å². The average molecular weight is 175 g/mol. The molecule has 13 heavy (non-hydrogen) atoms. The number of ketones is 1. The van der Waals surface area contributed by atoms with E-state index >= 15 is 0 Å². The molecule has 0 amide bonds. The summed E-state index contributed by atoms with van der Waals surface area (Å²) in [5.74, 6) is 0.0781. The fourth-order valence-corrected chi connectivity index (χ4v) is 1.78. The SMILES string of the molecule is CC1(N)CCc2ccccc2C1=O. The Labute approximate surface area is 77.8 Å². The number of Topliss-reactive ketones (excluding diaryl/α,β-unsaturated/α-hetero) is 1. The van der Waals surface area contributed by atoms with Gasteiger partial charge < -0.3 is 5.73 Å². The van der Waals surface area contributed by atoms with Crippen molar-refractivity contribution in [3.05, 3.63) is 35.4 Å². The smallest absolute Gasteiger partial charge is 0.182 e. The van der Waals surface area contributed by atoms with Crippen molar-refractivity contribution >= 4 is 5.78 Å². The predicted molar refractivity (Wildman–Crippen MR) is 51.7 cm³/mol. The van der Waals surface area contributed by atoms with Crippen molar-refractivity contribution in [3.8, 4) is 0 Å². The Bertz CT molecular complexity index is 355. The molecule has 1 aromatic rings. The van der Waals surface area contributed by atoms with E-state index in [1.165, 1.54) is 0 Å². The molecule has 0 spiro atoms. The molecule has 0 aliphatic heterocycles. The number of nitrogens with two attached hydrogens (primary N) is 1. The van der Waals surface area contributed by atoms with Crippen LogP contribution in [0.2, 0.25) is 0 Å². The molecule has 1 aliphatic rings. The highest BCUT2D eigenvalue weighted by Crippen LogP contribution is 2.26. The summed E-state index contributed by atoms with van der Waals surface area (Å²) in [6.45, 7) is 1.81. The monoisotopic (exact) mass is 175 g/mol. The van der Waals surface area contributed by atoms with Crippen molar-refractivity contribution in [2.75, 3.05) is 0 Å². The van der Waals surface area contributed by atoms with E-state index in [2.05, 4.69) is 0 Å². The summed E-state index contributed by atoms with van der Waals surface area (Å²) in [5.41, 5.74) is 7.17. The molecule has 1 atom stereocenters. The van der Waals surface area contributed by atoms with Gasteiger partial charge in [0.2, 0.25) is 0 Å². The molecule has 2 heteroatoms. The standard InChI is InChI=1S/C11H13NO/c1-11(12)7-6-8-4-2-3-5-9(8)10(11)13/h2-5H,6-7,12H2,1H3. The van der Waals surface area contributed by atoms with Crippen molar-refractivity contribution in [3.63, 3.8) is 0 Å². The molecule has 0 bridgehead atoms. The van der Waals surface area contributed by atoms with E-state index in [0.717, 1.165) is 24.0 Å². The molecule has 0 aromatic heterocycles. The molecule has 1 unspecified atom stereocenters. The molecule has 0 fully saturated rings. The third-order valence-corrected chi connectivity index (χ3v) is 2.69. The van der Waals surface area contributed by atoms with Crippen LogP contribution in [0.5, 0.6) is 0 Å². The van der Waals surface area contributed by atoms with Crippen LogP contribution in [-0.4, -0.2) is 11.3 Å². The van der Waals surface area contributed by atoms with E-state index < -0.39 is 5.54 Å². The quantitative estimate of drug-likeness (QED) is 0.649. The molecule has 2 nitrogen and oxygen atoms in total. The van der Waals surface area contributed by atoms with Gasteiger partial charge >= 0.3 is 0 Å². The van der Waals surface area contributed by atoms with Crippen molar-refractivity contribution in [1.29, 1.82) is 0 Å². The topological polar surface area (TPSA) is 43.1 Å². The van der Waals surface area contributed by atoms with Gasteiger partial charge in [-0.2, -0.15) is 0 Å². The second-order valence-electron chi connectivity index (χ2n) is 3.90. The first-order valence-corrected chi connectivity index (χ1v) is 4.53. The van der Waals surface area contributed by atoms with Crippen molar-refractivity contribution in [2.45, 2.75) is 25.3 Å². The maximum atomic E-state index is 11.8. The summed E-state index contributed by atoms with van der Waals surface area (Å²) in [5, 5.41) is 0. The summed E-state index contributed by atoms with van der Waals surface area (Å²) < 4.78 is 0. The minimum absolute atomic E-state index is 0.0781. The number of hydrogen-bond donors (Lipinski definition) is 1. The van der Waals surface area contributed by atoms with Crippen LogP contribution in [0.3, 0.4) is 0 Å². The Morgan fingerprint density at radius 1 is 1.38 bits per heavy atom. The third-order valence-electron chi connectivity index (χ3n) is 2.69. The van der Waals surface area contributed by atoms with Crippen LogP contribution in [0.15, 0.2) is 24.3 Å². The van der Waals surface area contributed by atoms with Gasteiger partial charge in [0.1, 0.15) is 0 Å². The van der Waals surface area contributed by atoms with Gasteiger partial charge in [0, 0.05) is 5.56 Å². The van der Waals surface area contributed by atoms with E-state index in [4.69, 9.17) is 5.73 Å². The molecule has 2 N–H and O–H groups in total. The molecule has 1 aliphatic carbocycles. The van der Waals surface area contributed by atoms with Gasteiger partial charge in [-0.25, -0.2) is 0 Å². The second-order valence-corrected chi connectivity index (χ2v) is 3.90. The summed E-state index contributed by atoms with van der Waals surface area (Å²) in [4.78, 5) is 11.8. The van der Waals surface area contributed by atoms with Crippen molar-refractivity contribution < 1.29 is 4.79 Å². The number of hydrogen-bond acceptors (Lipinski definition) is 2. The van der Waals surface area contributed by atoms with Gasteiger partial charge in [0.15, 0.2) is 5.78 Å². The zero-order chi connectivity index (χ0) is 9.47. The maximum Gasteiger partial charge on any atom is 0.182 e.